The van der Waals surface area contributed by atoms with Crippen molar-refractivity contribution in [3.05, 3.63) is 78.9 Å². The summed E-state index contributed by atoms with van der Waals surface area (Å²) in [6.07, 6.45) is 0. The van der Waals surface area contributed by atoms with Gasteiger partial charge in [-0.15, -0.1) is 0 Å². The first-order valence-corrected chi connectivity index (χ1v) is 10.8. The van der Waals surface area contributed by atoms with E-state index in [9.17, 15) is 8.42 Å². The van der Waals surface area contributed by atoms with Crippen LogP contribution in [0.3, 0.4) is 0 Å². The summed E-state index contributed by atoms with van der Waals surface area (Å²) >= 11 is 5.31. The van der Waals surface area contributed by atoms with Gasteiger partial charge >= 0.3 is 0 Å². The first-order chi connectivity index (χ1) is 14.0. The molecule has 0 atom stereocenters. The molecule has 150 valence electrons. The molecule has 0 unspecified atom stereocenters. The largest absolute Gasteiger partial charge is 0.494 e. The van der Waals surface area contributed by atoms with E-state index in [0.29, 0.717) is 23.1 Å². The summed E-state index contributed by atoms with van der Waals surface area (Å²) in [6, 6.07) is 22.5. The third-order valence-corrected chi connectivity index (χ3v) is 5.47. The molecule has 29 heavy (non-hydrogen) atoms. The van der Waals surface area contributed by atoms with Gasteiger partial charge in [-0.3, -0.25) is 4.72 Å². The maximum atomic E-state index is 12.5. The number of anilines is 3. The quantitative estimate of drug-likeness (QED) is 0.475. The van der Waals surface area contributed by atoms with Gasteiger partial charge in [0.1, 0.15) is 5.75 Å². The number of benzene rings is 3. The third kappa shape index (κ3) is 5.94. The summed E-state index contributed by atoms with van der Waals surface area (Å²) < 4.78 is 32.9. The highest BCUT2D eigenvalue weighted by Gasteiger charge is 2.14. The highest BCUT2D eigenvalue weighted by molar-refractivity contribution is 7.92. The van der Waals surface area contributed by atoms with Gasteiger partial charge in [0.05, 0.1) is 11.5 Å². The highest BCUT2D eigenvalue weighted by atomic mass is 32.2. The van der Waals surface area contributed by atoms with Crippen molar-refractivity contribution >= 4 is 44.4 Å². The lowest BCUT2D eigenvalue weighted by Crippen LogP contribution is -2.19. The number of ether oxygens (including phenoxy) is 1. The maximum absolute atomic E-state index is 12.5. The van der Waals surface area contributed by atoms with Gasteiger partial charge in [0, 0.05) is 17.1 Å². The summed E-state index contributed by atoms with van der Waals surface area (Å²) in [4.78, 5) is 0.164. The molecule has 0 spiro atoms. The topological polar surface area (TPSA) is 79.5 Å². The van der Waals surface area contributed by atoms with Crippen LogP contribution in [0.25, 0.3) is 0 Å². The number of hydrogen-bond acceptors (Lipinski definition) is 4. The average molecular weight is 428 g/mol. The van der Waals surface area contributed by atoms with Gasteiger partial charge in [0.15, 0.2) is 5.11 Å². The zero-order valence-electron chi connectivity index (χ0n) is 15.8. The SMILES string of the molecule is CCOc1ccc(NC(=S)Nc2ccc(S(=O)(=O)Nc3ccccc3)cc2)cc1. The van der Waals surface area contributed by atoms with Crippen LogP contribution in [0.5, 0.6) is 5.75 Å². The molecule has 8 heteroatoms. The van der Waals surface area contributed by atoms with E-state index in [1.807, 2.05) is 37.3 Å². The van der Waals surface area contributed by atoms with Crippen LogP contribution in [0.4, 0.5) is 17.1 Å². The van der Waals surface area contributed by atoms with Crippen molar-refractivity contribution in [2.45, 2.75) is 11.8 Å². The number of rotatable bonds is 7. The fourth-order valence-corrected chi connectivity index (χ4v) is 3.83. The Morgan fingerprint density at radius 3 is 1.93 bits per heavy atom. The van der Waals surface area contributed by atoms with Gasteiger partial charge in [0.2, 0.25) is 0 Å². The molecule has 3 N–H and O–H groups in total. The second kappa shape index (κ2) is 9.40. The minimum absolute atomic E-state index is 0.164. The maximum Gasteiger partial charge on any atom is 0.261 e. The molecule has 0 saturated carbocycles. The molecular weight excluding hydrogens is 406 g/mol. The van der Waals surface area contributed by atoms with E-state index in [1.54, 1.807) is 36.4 Å². The second-order valence-corrected chi connectivity index (χ2v) is 8.12. The molecule has 0 radical (unpaired) electrons. The minimum atomic E-state index is -3.65. The number of thiocarbonyl (C=S) groups is 1. The van der Waals surface area contributed by atoms with Gasteiger partial charge in [0.25, 0.3) is 10.0 Å². The molecule has 0 heterocycles. The number of hydrogen-bond donors (Lipinski definition) is 3. The van der Waals surface area contributed by atoms with E-state index in [-0.39, 0.29) is 4.90 Å². The normalized spacial score (nSPS) is 10.8. The molecular formula is C21H21N3O3S2. The van der Waals surface area contributed by atoms with E-state index < -0.39 is 10.0 Å². The summed E-state index contributed by atoms with van der Waals surface area (Å²) in [5.74, 6) is 0.790. The number of sulfonamides is 1. The van der Waals surface area contributed by atoms with Crippen molar-refractivity contribution in [3.8, 4) is 5.75 Å². The molecule has 0 bridgehead atoms. The van der Waals surface area contributed by atoms with Crippen molar-refractivity contribution in [3.63, 3.8) is 0 Å². The lowest BCUT2D eigenvalue weighted by atomic mass is 10.3. The fraction of sp³-hybridized carbons (Fsp3) is 0.0952. The Bertz CT molecular complexity index is 1050. The average Bonchev–Trinajstić information content (AvgIpc) is 2.70. The Morgan fingerprint density at radius 1 is 0.828 bits per heavy atom. The molecule has 0 aliphatic carbocycles. The van der Waals surface area contributed by atoms with Crippen LogP contribution in [0.2, 0.25) is 0 Å². The molecule has 3 aromatic rings. The Kier molecular flexibility index (Phi) is 6.69. The van der Waals surface area contributed by atoms with Gasteiger partial charge in [-0.25, -0.2) is 8.42 Å². The summed E-state index contributed by atoms with van der Waals surface area (Å²) in [5, 5.41) is 6.50. The van der Waals surface area contributed by atoms with Crippen LogP contribution in [0.15, 0.2) is 83.8 Å². The van der Waals surface area contributed by atoms with E-state index in [2.05, 4.69) is 15.4 Å². The predicted molar refractivity (Wildman–Crippen MR) is 121 cm³/mol. The first-order valence-electron chi connectivity index (χ1n) is 8.95. The molecule has 6 nitrogen and oxygen atoms in total. The van der Waals surface area contributed by atoms with Gasteiger partial charge in [-0.05, 0) is 79.8 Å². The van der Waals surface area contributed by atoms with Crippen molar-refractivity contribution in [2.24, 2.45) is 0 Å². The lowest BCUT2D eigenvalue weighted by Gasteiger charge is -2.12. The summed E-state index contributed by atoms with van der Waals surface area (Å²) in [5.41, 5.74) is 2.00. The Labute approximate surface area is 176 Å². The van der Waals surface area contributed by atoms with E-state index in [1.165, 1.54) is 12.1 Å². The zero-order valence-corrected chi connectivity index (χ0v) is 17.4. The van der Waals surface area contributed by atoms with Gasteiger partial charge in [-0.1, -0.05) is 18.2 Å². The molecule has 0 aromatic heterocycles. The Morgan fingerprint density at radius 2 is 1.38 bits per heavy atom. The van der Waals surface area contributed by atoms with E-state index in [0.717, 1.165) is 11.4 Å². The Balaban J connectivity index is 1.60. The molecule has 0 aliphatic heterocycles. The van der Waals surface area contributed by atoms with Gasteiger partial charge in [-0.2, -0.15) is 0 Å². The summed E-state index contributed by atoms with van der Waals surface area (Å²) in [7, 11) is -3.65. The highest BCUT2D eigenvalue weighted by Crippen LogP contribution is 2.19. The molecule has 3 aromatic carbocycles. The fourth-order valence-electron chi connectivity index (χ4n) is 2.53. The number of nitrogens with one attached hydrogen (secondary N) is 3. The Hall–Kier alpha value is -3.10. The van der Waals surface area contributed by atoms with Crippen LogP contribution >= 0.6 is 12.2 Å². The van der Waals surface area contributed by atoms with Crippen LogP contribution < -0.4 is 20.1 Å². The predicted octanol–water partition coefficient (Wildman–Crippen LogP) is 4.70. The second-order valence-electron chi connectivity index (χ2n) is 6.03. The summed E-state index contributed by atoms with van der Waals surface area (Å²) in [6.45, 7) is 2.54. The van der Waals surface area contributed by atoms with Crippen molar-refractivity contribution < 1.29 is 13.2 Å². The van der Waals surface area contributed by atoms with Crippen LogP contribution in [0, 0.1) is 0 Å². The third-order valence-electron chi connectivity index (χ3n) is 3.87. The van der Waals surface area contributed by atoms with Crippen LogP contribution in [0.1, 0.15) is 6.92 Å². The lowest BCUT2D eigenvalue weighted by molar-refractivity contribution is 0.340. The van der Waals surface area contributed by atoms with Crippen molar-refractivity contribution in [2.75, 3.05) is 22.0 Å². The smallest absolute Gasteiger partial charge is 0.261 e. The van der Waals surface area contributed by atoms with Crippen LogP contribution in [-0.4, -0.2) is 20.1 Å². The van der Waals surface area contributed by atoms with E-state index in [4.69, 9.17) is 17.0 Å². The van der Waals surface area contributed by atoms with Crippen molar-refractivity contribution in [1.82, 2.24) is 0 Å². The molecule has 3 rings (SSSR count). The van der Waals surface area contributed by atoms with E-state index >= 15 is 0 Å². The number of para-hydroxylation sites is 1. The zero-order chi connectivity index (χ0) is 20.7. The first kappa shape index (κ1) is 20.6. The van der Waals surface area contributed by atoms with Crippen molar-refractivity contribution in [1.29, 1.82) is 0 Å². The van der Waals surface area contributed by atoms with Gasteiger partial charge < -0.3 is 15.4 Å². The monoisotopic (exact) mass is 427 g/mol. The molecule has 0 amide bonds. The molecule has 0 aliphatic rings. The molecule has 0 saturated heterocycles. The standard InChI is InChI=1S/C21H21N3O3S2/c1-2-27-19-12-8-16(9-13-19)22-21(28)23-17-10-14-20(15-11-17)29(25,26)24-18-6-4-3-5-7-18/h3-15,24H,2H2,1H3,(H2,22,23,28). The minimum Gasteiger partial charge on any atom is -0.494 e. The molecule has 0 fully saturated rings. The van der Waals surface area contributed by atoms with Crippen LogP contribution in [-0.2, 0) is 10.0 Å².